The van der Waals surface area contributed by atoms with E-state index in [0.717, 1.165) is 5.56 Å². The van der Waals surface area contributed by atoms with Crippen LogP contribution in [0.1, 0.15) is 23.6 Å². The summed E-state index contributed by atoms with van der Waals surface area (Å²) in [5.41, 5.74) is 0.396. The molecule has 1 saturated heterocycles. The zero-order valence-corrected chi connectivity index (χ0v) is 16.2. The van der Waals surface area contributed by atoms with Crippen LogP contribution in [0, 0.1) is 10.1 Å². The molecule has 7 heteroatoms. The van der Waals surface area contributed by atoms with Gasteiger partial charge in [-0.1, -0.05) is 55.1 Å². The van der Waals surface area contributed by atoms with Gasteiger partial charge in [-0.2, -0.15) is 0 Å². The van der Waals surface area contributed by atoms with Crippen LogP contribution in [0.15, 0.2) is 60.8 Å². The Hall–Kier alpha value is -3.74. The largest absolute Gasteiger partial charge is 0.336 e. The number of likely N-dealkylation sites (N-methyl/N-ethyl adjacent to an activating group) is 1. The van der Waals surface area contributed by atoms with Crippen LogP contribution in [-0.4, -0.2) is 34.2 Å². The molecule has 7 nitrogen and oxygen atoms in total. The van der Waals surface area contributed by atoms with Crippen molar-refractivity contribution in [2.75, 3.05) is 7.05 Å². The van der Waals surface area contributed by atoms with Gasteiger partial charge in [-0.05, 0) is 24.1 Å². The number of nitro groups is 1. The molecule has 1 fully saturated rings. The van der Waals surface area contributed by atoms with Crippen LogP contribution in [0.4, 0.5) is 5.69 Å². The second-order valence-electron chi connectivity index (χ2n) is 7.08. The third-order valence-electron chi connectivity index (χ3n) is 4.98. The molecule has 0 aromatic heterocycles. The highest BCUT2D eigenvalue weighted by Crippen LogP contribution is 2.29. The fourth-order valence-corrected chi connectivity index (χ4v) is 3.49. The van der Waals surface area contributed by atoms with Crippen molar-refractivity contribution in [3.8, 4) is 0 Å². The number of amides is 2. The minimum Gasteiger partial charge on any atom is -0.336 e. The van der Waals surface area contributed by atoms with E-state index in [-0.39, 0.29) is 22.9 Å². The Kier molecular flexibility index (Phi) is 5.32. The summed E-state index contributed by atoms with van der Waals surface area (Å²) in [5.74, 6) is -0.773. The van der Waals surface area contributed by atoms with Gasteiger partial charge in [0.2, 0.25) is 0 Å². The van der Waals surface area contributed by atoms with Crippen molar-refractivity contribution in [3.63, 3.8) is 0 Å². The van der Waals surface area contributed by atoms with Gasteiger partial charge in [0.25, 0.3) is 17.5 Å². The van der Waals surface area contributed by atoms with E-state index in [1.165, 1.54) is 30.2 Å². The van der Waals surface area contributed by atoms with Gasteiger partial charge in [-0.15, -0.1) is 0 Å². The Morgan fingerprint density at radius 3 is 2.48 bits per heavy atom. The van der Waals surface area contributed by atoms with E-state index < -0.39 is 16.4 Å². The first-order valence-electron chi connectivity index (χ1n) is 9.03. The molecule has 2 amide bonds. The fraction of sp³-hybridized carbons (Fsp3) is 0.182. The molecule has 0 radical (unpaired) electrons. The van der Waals surface area contributed by atoms with E-state index in [2.05, 4.69) is 11.9 Å². The minimum atomic E-state index is -1.12. The van der Waals surface area contributed by atoms with Crippen LogP contribution in [0.3, 0.4) is 0 Å². The van der Waals surface area contributed by atoms with Crippen molar-refractivity contribution in [1.29, 1.82) is 0 Å². The minimum absolute atomic E-state index is 0.0398. The van der Waals surface area contributed by atoms with Crippen LogP contribution in [0.2, 0.25) is 0 Å². The Labute approximate surface area is 168 Å². The molecule has 0 saturated carbocycles. The smallest absolute Gasteiger partial charge is 0.277 e. The highest BCUT2D eigenvalue weighted by molar-refractivity contribution is 6.09. The third-order valence-corrected chi connectivity index (χ3v) is 4.98. The Morgan fingerprint density at radius 1 is 1.17 bits per heavy atom. The molecule has 3 rings (SSSR count). The molecule has 0 bridgehead atoms. The van der Waals surface area contributed by atoms with E-state index in [0.29, 0.717) is 12.0 Å². The molecule has 1 N–H and O–H groups in total. The quantitative estimate of drug-likeness (QED) is 0.481. The first-order chi connectivity index (χ1) is 13.8. The summed E-state index contributed by atoms with van der Waals surface area (Å²) in [5, 5.41) is 14.2. The van der Waals surface area contributed by atoms with Crippen LogP contribution >= 0.6 is 0 Å². The Balaban J connectivity index is 2.01. The second-order valence-corrected chi connectivity index (χ2v) is 7.08. The molecule has 1 heterocycles. The van der Waals surface area contributed by atoms with Crippen molar-refractivity contribution >= 4 is 29.7 Å². The van der Waals surface area contributed by atoms with Crippen LogP contribution in [-0.2, 0) is 16.0 Å². The van der Waals surface area contributed by atoms with Gasteiger partial charge in [0.15, 0.2) is 0 Å². The molecule has 1 aliphatic heterocycles. The second kappa shape index (κ2) is 7.71. The van der Waals surface area contributed by atoms with Crippen LogP contribution in [0.5, 0.6) is 0 Å². The van der Waals surface area contributed by atoms with Crippen molar-refractivity contribution < 1.29 is 14.5 Å². The van der Waals surface area contributed by atoms with E-state index >= 15 is 0 Å². The molecule has 0 spiro atoms. The van der Waals surface area contributed by atoms with E-state index in [4.69, 9.17) is 0 Å². The number of nitro benzene ring substituents is 1. The molecule has 1 atom stereocenters. The predicted octanol–water partition coefficient (Wildman–Crippen LogP) is 3.17. The first kappa shape index (κ1) is 20.0. The molecule has 148 valence electrons. The molecule has 1 unspecified atom stereocenters. The summed E-state index contributed by atoms with van der Waals surface area (Å²) >= 11 is 0. The van der Waals surface area contributed by atoms with Crippen LogP contribution in [0.25, 0.3) is 12.2 Å². The van der Waals surface area contributed by atoms with E-state index in [1.807, 2.05) is 30.3 Å². The van der Waals surface area contributed by atoms with Gasteiger partial charge < -0.3 is 10.2 Å². The SMILES string of the molecule is C=Cc1cccc([N+](=O)[O-])c1/C=C1\C(=O)NC(C)(Cc2ccccc2)C(=O)N1C. The standard InChI is InChI=1S/C22H21N3O4/c1-4-16-11-8-12-18(25(28)29)17(16)13-19-20(26)23-22(2,21(27)24(19)3)14-15-9-6-5-7-10-15/h4-13H,1,14H2,2-3H3,(H,23,26)/b19-13+. The number of hydrogen-bond acceptors (Lipinski definition) is 4. The molecular formula is C22H21N3O4. The zero-order chi connectivity index (χ0) is 21.2. The number of nitrogens with zero attached hydrogens (tertiary/aromatic N) is 2. The molecular weight excluding hydrogens is 370 g/mol. The topological polar surface area (TPSA) is 92.5 Å². The highest BCUT2D eigenvalue weighted by Gasteiger charge is 2.44. The van der Waals surface area contributed by atoms with Crippen LogP contribution < -0.4 is 5.32 Å². The average molecular weight is 391 g/mol. The summed E-state index contributed by atoms with van der Waals surface area (Å²) in [6.45, 7) is 5.35. The number of hydrogen-bond donors (Lipinski definition) is 1. The Bertz CT molecular complexity index is 1030. The molecule has 29 heavy (non-hydrogen) atoms. The molecule has 0 aliphatic carbocycles. The molecule has 2 aromatic carbocycles. The van der Waals surface area contributed by atoms with Gasteiger partial charge in [0.1, 0.15) is 11.2 Å². The average Bonchev–Trinajstić information content (AvgIpc) is 2.70. The lowest BCUT2D eigenvalue weighted by atomic mass is 9.88. The maximum Gasteiger partial charge on any atom is 0.277 e. The monoisotopic (exact) mass is 391 g/mol. The number of nitrogens with one attached hydrogen (secondary N) is 1. The number of carbonyl (C=O) groups excluding carboxylic acids is 2. The Morgan fingerprint density at radius 2 is 1.86 bits per heavy atom. The van der Waals surface area contributed by atoms with Crippen molar-refractivity contribution in [2.24, 2.45) is 0 Å². The van der Waals surface area contributed by atoms with Crippen molar-refractivity contribution in [2.45, 2.75) is 18.9 Å². The maximum atomic E-state index is 13.1. The molecule has 2 aromatic rings. The van der Waals surface area contributed by atoms with Gasteiger partial charge in [0.05, 0.1) is 10.5 Å². The summed E-state index contributed by atoms with van der Waals surface area (Å²) < 4.78 is 0. The summed E-state index contributed by atoms with van der Waals surface area (Å²) in [6, 6.07) is 14.0. The number of carbonyl (C=O) groups is 2. The van der Waals surface area contributed by atoms with Gasteiger partial charge in [-0.25, -0.2) is 0 Å². The third kappa shape index (κ3) is 3.80. The van der Waals surface area contributed by atoms with E-state index in [1.54, 1.807) is 19.1 Å². The van der Waals surface area contributed by atoms with Crippen molar-refractivity contribution in [3.05, 3.63) is 87.6 Å². The lowest BCUT2D eigenvalue weighted by Gasteiger charge is -2.39. The lowest BCUT2D eigenvalue weighted by Crippen LogP contribution is -2.64. The zero-order valence-electron chi connectivity index (χ0n) is 16.2. The van der Waals surface area contributed by atoms with Crippen molar-refractivity contribution in [1.82, 2.24) is 10.2 Å². The fourth-order valence-electron chi connectivity index (χ4n) is 3.49. The van der Waals surface area contributed by atoms with Gasteiger partial charge in [-0.3, -0.25) is 19.7 Å². The van der Waals surface area contributed by atoms with E-state index in [9.17, 15) is 19.7 Å². The predicted molar refractivity (Wildman–Crippen MR) is 111 cm³/mol. The molecule has 1 aliphatic rings. The number of rotatable bonds is 5. The first-order valence-corrected chi connectivity index (χ1v) is 9.03. The highest BCUT2D eigenvalue weighted by atomic mass is 16.6. The summed E-state index contributed by atoms with van der Waals surface area (Å²) in [6.07, 6.45) is 3.17. The summed E-state index contributed by atoms with van der Waals surface area (Å²) in [7, 11) is 1.50. The normalized spacial score (nSPS) is 20.5. The summed E-state index contributed by atoms with van der Waals surface area (Å²) in [4.78, 5) is 38.1. The number of piperazine rings is 1. The van der Waals surface area contributed by atoms with Gasteiger partial charge >= 0.3 is 0 Å². The number of benzene rings is 2. The lowest BCUT2D eigenvalue weighted by molar-refractivity contribution is -0.385. The van der Waals surface area contributed by atoms with Gasteiger partial charge in [0, 0.05) is 19.5 Å². The maximum absolute atomic E-state index is 13.1.